The molecule has 0 radical (unpaired) electrons. The quantitative estimate of drug-likeness (QED) is 0.309. The van der Waals surface area contributed by atoms with E-state index >= 15 is 0 Å². The van der Waals surface area contributed by atoms with Crippen molar-refractivity contribution in [2.75, 3.05) is 59.5 Å². The van der Waals surface area contributed by atoms with Crippen molar-refractivity contribution in [3.8, 4) is 5.75 Å². The molecule has 28 heavy (non-hydrogen) atoms. The van der Waals surface area contributed by atoms with Gasteiger partial charge in [0.2, 0.25) is 0 Å². The molecule has 0 bridgehead atoms. The lowest BCUT2D eigenvalue weighted by Crippen LogP contribution is -2.48. The van der Waals surface area contributed by atoms with Crippen LogP contribution in [0.2, 0.25) is 0 Å². The van der Waals surface area contributed by atoms with E-state index in [2.05, 4.69) is 45.3 Å². The van der Waals surface area contributed by atoms with E-state index in [-0.39, 0.29) is 24.0 Å². The second kappa shape index (κ2) is 14.0. The summed E-state index contributed by atoms with van der Waals surface area (Å²) in [7, 11) is 1.82. The minimum atomic E-state index is 0. The molecule has 1 unspecified atom stereocenters. The number of likely N-dealkylation sites (N-methyl/N-ethyl adjacent to an activating group) is 1. The fourth-order valence-corrected chi connectivity index (χ4v) is 3.41. The smallest absolute Gasteiger partial charge is 0.191 e. The fourth-order valence-electron chi connectivity index (χ4n) is 3.41. The summed E-state index contributed by atoms with van der Waals surface area (Å²) in [5.74, 6) is 2.35. The van der Waals surface area contributed by atoms with Crippen molar-refractivity contribution in [3.63, 3.8) is 0 Å². The summed E-state index contributed by atoms with van der Waals surface area (Å²) in [6, 6.07) is 8.14. The summed E-state index contributed by atoms with van der Waals surface area (Å²) < 4.78 is 5.69. The molecule has 1 heterocycles. The van der Waals surface area contributed by atoms with Crippen LogP contribution in [0.1, 0.15) is 26.3 Å². The van der Waals surface area contributed by atoms with Gasteiger partial charge in [-0.3, -0.25) is 4.99 Å². The van der Waals surface area contributed by atoms with Gasteiger partial charge in [-0.15, -0.1) is 24.0 Å². The maximum Gasteiger partial charge on any atom is 0.191 e. The van der Waals surface area contributed by atoms with E-state index in [1.165, 1.54) is 32.7 Å². The summed E-state index contributed by atoms with van der Waals surface area (Å²) in [5, 5.41) is 6.86. The van der Waals surface area contributed by atoms with Crippen molar-refractivity contribution in [1.82, 2.24) is 20.4 Å². The zero-order valence-corrected chi connectivity index (χ0v) is 20.2. The van der Waals surface area contributed by atoms with Gasteiger partial charge >= 0.3 is 0 Å². The number of hydrogen-bond acceptors (Lipinski definition) is 4. The molecule has 0 spiro atoms. The van der Waals surface area contributed by atoms with Gasteiger partial charge in [-0.25, -0.2) is 0 Å². The molecule has 0 saturated carbocycles. The molecule has 0 amide bonds. The van der Waals surface area contributed by atoms with E-state index < -0.39 is 0 Å². The van der Waals surface area contributed by atoms with Crippen LogP contribution < -0.4 is 15.4 Å². The summed E-state index contributed by atoms with van der Waals surface area (Å²) in [6.45, 7) is 15.9. The van der Waals surface area contributed by atoms with Crippen LogP contribution in [0.25, 0.3) is 0 Å². The molecule has 0 aliphatic carbocycles. The average Bonchev–Trinajstić information content (AvgIpc) is 2.70. The zero-order valence-electron chi connectivity index (χ0n) is 17.9. The predicted octanol–water partition coefficient (Wildman–Crippen LogP) is 2.64. The van der Waals surface area contributed by atoms with Gasteiger partial charge in [0.1, 0.15) is 5.75 Å². The zero-order chi connectivity index (χ0) is 19.5. The minimum absolute atomic E-state index is 0. The van der Waals surface area contributed by atoms with Crippen molar-refractivity contribution in [3.05, 3.63) is 29.8 Å². The number of aliphatic imine (C=N–C) groups is 1. The highest BCUT2D eigenvalue weighted by atomic mass is 127. The van der Waals surface area contributed by atoms with Crippen molar-refractivity contribution >= 4 is 29.9 Å². The number of ether oxygens (including phenoxy) is 1. The first-order valence-corrected chi connectivity index (χ1v) is 10.3. The first-order valence-electron chi connectivity index (χ1n) is 10.3. The lowest BCUT2D eigenvalue weighted by molar-refractivity contribution is 0.124. The molecular weight excluding hydrogens is 465 g/mol. The number of piperazine rings is 1. The molecule has 1 fully saturated rings. The fraction of sp³-hybridized carbons (Fsp3) is 0.667. The lowest BCUT2D eigenvalue weighted by atomic mass is 10.1. The Hall–Kier alpha value is -1.06. The number of guanidine groups is 1. The molecule has 1 aliphatic heterocycles. The SMILES string of the molecule is CCOc1ccccc1CNC(=NC)NCC(C)CN1CCN(CC)CC1.I. The lowest BCUT2D eigenvalue weighted by Gasteiger charge is -2.35. The molecule has 6 nitrogen and oxygen atoms in total. The van der Waals surface area contributed by atoms with Crippen molar-refractivity contribution < 1.29 is 4.74 Å². The van der Waals surface area contributed by atoms with Gasteiger partial charge in [0.05, 0.1) is 6.61 Å². The number of halogens is 1. The van der Waals surface area contributed by atoms with E-state index in [0.717, 1.165) is 30.4 Å². The molecule has 2 rings (SSSR count). The van der Waals surface area contributed by atoms with Crippen LogP contribution in [0.15, 0.2) is 29.3 Å². The van der Waals surface area contributed by atoms with E-state index in [0.29, 0.717) is 19.1 Å². The summed E-state index contributed by atoms with van der Waals surface area (Å²) in [6.07, 6.45) is 0. The number of nitrogens with zero attached hydrogens (tertiary/aromatic N) is 3. The average molecular weight is 503 g/mol. The number of para-hydroxylation sites is 1. The number of benzene rings is 1. The van der Waals surface area contributed by atoms with Gasteiger partial charge in [0, 0.05) is 58.4 Å². The maximum atomic E-state index is 5.69. The standard InChI is InChI=1S/C21H37N5O.HI/c1-5-25-11-13-26(14-12-25)17-18(3)15-23-21(22-4)24-16-19-9-7-8-10-20(19)27-6-2;/h7-10,18H,5-6,11-17H2,1-4H3,(H2,22,23,24);1H. The van der Waals surface area contributed by atoms with Crippen molar-refractivity contribution in [1.29, 1.82) is 0 Å². The molecule has 160 valence electrons. The van der Waals surface area contributed by atoms with Crippen LogP contribution in [0.4, 0.5) is 0 Å². The number of rotatable bonds is 9. The topological polar surface area (TPSA) is 52.1 Å². The highest BCUT2D eigenvalue weighted by Crippen LogP contribution is 2.17. The predicted molar refractivity (Wildman–Crippen MR) is 129 cm³/mol. The molecule has 1 aromatic carbocycles. The van der Waals surface area contributed by atoms with Crippen LogP contribution in [0.5, 0.6) is 5.75 Å². The number of nitrogens with one attached hydrogen (secondary N) is 2. The molecular formula is C21H38IN5O. The third-order valence-corrected chi connectivity index (χ3v) is 5.04. The van der Waals surface area contributed by atoms with E-state index in [9.17, 15) is 0 Å². The Morgan fingerprint density at radius 3 is 2.43 bits per heavy atom. The second-order valence-corrected chi connectivity index (χ2v) is 7.19. The molecule has 1 saturated heterocycles. The Morgan fingerprint density at radius 2 is 1.79 bits per heavy atom. The third kappa shape index (κ3) is 8.53. The van der Waals surface area contributed by atoms with E-state index in [4.69, 9.17) is 4.74 Å². The monoisotopic (exact) mass is 503 g/mol. The molecule has 1 atom stereocenters. The molecule has 7 heteroatoms. The number of hydrogen-bond donors (Lipinski definition) is 2. The van der Waals surface area contributed by atoms with Crippen LogP contribution in [0.3, 0.4) is 0 Å². The van der Waals surface area contributed by atoms with Gasteiger partial charge in [0.15, 0.2) is 5.96 Å². The van der Waals surface area contributed by atoms with Gasteiger partial charge in [-0.1, -0.05) is 32.0 Å². The van der Waals surface area contributed by atoms with Gasteiger partial charge < -0.3 is 25.2 Å². The maximum absolute atomic E-state index is 5.69. The van der Waals surface area contributed by atoms with Crippen LogP contribution in [-0.2, 0) is 6.54 Å². The highest BCUT2D eigenvalue weighted by Gasteiger charge is 2.17. The highest BCUT2D eigenvalue weighted by molar-refractivity contribution is 14.0. The first-order chi connectivity index (χ1) is 13.2. The van der Waals surface area contributed by atoms with Crippen LogP contribution in [0, 0.1) is 5.92 Å². The largest absolute Gasteiger partial charge is 0.494 e. The Balaban J connectivity index is 0.00000392. The Labute approximate surface area is 188 Å². The Kier molecular flexibility index (Phi) is 12.5. The normalized spacial score (nSPS) is 16.9. The molecule has 2 N–H and O–H groups in total. The van der Waals surface area contributed by atoms with Gasteiger partial charge in [-0.2, -0.15) is 0 Å². The van der Waals surface area contributed by atoms with Crippen LogP contribution in [-0.4, -0.2) is 75.2 Å². The van der Waals surface area contributed by atoms with Gasteiger partial charge in [0.25, 0.3) is 0 Å². The van der Waals surface area contributed by atoms with Gasteiger partial charge in [-0.05, 0) is 25.5 Å². The van der Waals surface area contributed by atoms with Crippen LogP contribution >= 0.6 is 24.0 Å². The Bertz CT molecular complexity index is 576. The summed E-state index contributed by atoms with van der Waals surface area (Å²) in [4.78, 5) is 9.45. The third-order valence-electron chi connectivity index (χ3n) is 5.04. The van der Waals surface area contributed by atoms with Crippen molar-refractivity contribution in [2.45, 2.75) is 27.3 Å². The molecule has 0 aromatic heterocycles. The molecule has 1 aromatic rings. The van der Waals surface area contributed by atoms with Crippen molar-refractivity contribution in [2.24, 2.45) is 10.9 Å². The molecule has 1 aliphatic rings. The minimum Gasteiger partial charge on any atom is -0.494 e. The Morgan fingerprint density at radius 1 is 1.11 bits per heavy atom. The van der Waals surface area contributed by atoms with E-state index in [1.807, 2.05) is 32.2 Å². The summed E-state index contributed by atoms with van der Waals surface area (Å²) in [5.41, 5.74) is 1.14. The first kappa shape index (κ1) is 25.0. The second-order valence-electron chi connectivity index (χ2n) is 7.19. The van der Waals surface area contributed by atoms with E-state index in [1.54, 1.807) is 0 Å². The summed E-state index contributed by atoms with van der Waals surface area (Å²) >= 11 is 0.